The molecule has 8 heteroatoms. The molecule has 0 N–H and O–H groups in total. The molecule has 1 aromatic rings. The molecule has 0 spiro atoms. The fraction of sp³-hybridized carbons (Fsp3) is 0.647. The minimum atomic E-state index is -4.60. The summed E-state index contributed by atoms with van der Waals surface area (Å²) >= 11 is 0. The molecule has 3 rings (SSSR count). The topological polar surface area (TPSA) is 49.6 Å². The van der Waals surface area contributed by atoms with Crippen molar-refractivity contribution < 1.29 is 18.1 Å². The average molecular weight is 357 g/mol. The highest BCUT2D eigenvalue weighted by molar-refractivity contribution is 5.59. The second-order valence-corrected chi connectivity index (χ2v) is 6.89. The van der Waals surface area contributed by atoms with Crippen LogP contribution in [0, 0.1) is 16.0 Å². The molecule has 0 radical (unpaired) electrons. The van der Waals surface area contributed by atoms with Gasteiger partial charge in [-0.15, -0.1) is 0 Å². The second kappa shape index (κ2) is 7.19. The van der Waals surface area contributed by atoms with E-state index in [1.54, 1.807) is 4.90 Å². The Bertz CT molecular complexity index is 622. The van der Waals surface area contributed by atoms with Crippen LogP contribution in [0.25, 0.3) is 0 Å². The van der Waals surface area contributed by atoms with Gasteiger partial charge in [0.15, 0.2) is 0 Å². The maximum Gasteiger partial charge on any atom is 0.418 e. The Balaban J connectivity index is 1.70. The fourth-order valence-corrected chi connectivity index (χ4v) is 3.83. The number of hydrogen-bond acceptors (Lipinski definition) is 4. The summed E-state index contributed by atoms with van der Waals surface area (Å²) in [5.41, 5.74) is -1.39. The molecule has 2 fully saturated rings. The third kappa shape index (κ3) is 4.23. The lowest BCUT2D eigenvalue weighted by molar-refractivity contribution is -0.385. The number of nitrogens with zero attached hydrogens (tertiary/aromatic N) is 3. The van der Waals surface area contributed by atoms with Gasteiger partial charge >= 0.3 is 6.18 Å². The lowest BCUT2D eigenvalue weighted by Crippen LogP contribution is -2.38. The number of halogens is 3. The number of hydrogen-bond donors (Lipinski definition) is 0. The minimum Gasteiger partial charge on any atom is -0.371 e. The number of likely N-dealkylation sites (tertiary alicyclic amines) is 1. The van der Waals surface area contributed by atoms with E-state index in [0.29, 0.717) is 25.1 Å². The van der Waals surface area contributed by atoms with Crippen LogP contribution in [-0.4, -0.2) is 42.5 Å². The monoisotopic (exact) mass is 357 g/mol. The van der Waals surface area contributed by atoms with Crippen molar-refractivity contribution in [1.29, 1.82) is 0 Å². The molecule has 138 valence electrons. The summed E-state index contributed by atoms with van der Waals surface area (Å²) in [5.74, 6) is 0.515. The zero-order valence-electron chi connectivity index (χ0n) is 14.0. The van der Waals surface area contributed by atoms with Crippen LogP contribution >= 0.6 is 0 Å². The predicted octanol–water partition coefficient (Wildman–Crippen LogP) is 3.93. The highest BCUT2D eigenvalue weighted by Crippen LogP contribution is 2.40. The third-order valence-corrected chi connectivity index (χ3v) is 5.17. The minimum absolute atomic E-state index is 0.0534. The molecule has 2 saturated heterocycles. The lowest BCUT2D eigenvalue weighted by atomic mass is 9.95. The number of rotatable bonds is 4. The van der Waals surface area contributed by atoms with Crippen molar-refractivity contribution in [2.75, 3.05) is 37.6 Å². The number of anilines is 1. The van der Waals surface area contributed by atoms with Gasteiger partial charge in [0, 0.05) is 37.5 Å². The van der Waals surface area contributed by atoms with Gasteiger partial charge in [0.25, 0.3) is 5.69 Å². The van der Waals surface area contributed by atoms with Gasteiger partial charge in [-0.3, -0.25) is 10.1 Å². The lowest BCUT2D eigenvalue weighted by Gasteiger charge is -2.36. The summed E-state index contributed by atoms with van der Waals surface area (Å²) in [6, 6.07) is 3.04. The van der Waals surface area contributed by atoms with Crippen LogP contribution in [0.2, 0.25) is 0 Å². The van der Waals surface area contributed by atoms with Crippen molar-refractivity contribution in [2.45, 2.75) is 31.9 Å². The van der Waals surface area contributed by atoms with E-state index < -0.39 is 22.4 Å². The van der Waals surface area contributed by atoms with Crippen molar-refractivity contribution in [2.24, 2.45) is 5.92 Å². The van der Waals surface area contributed by atoms with Gasteiger partial charge in [-0.1, -0.05) is 0 Å². The van der Waals surface area contributed by atoms with Crippen molar-refractivity contribution in [1.82, 2.24) is 4.90 Å². The van der Waals surface area contributed by atoms with Crippen molar-refractivity contribution >= 4 is 11.4 Å². The molecule has 2 heterocycles. The molecule has 0 aromatic heterocycles. The van der Waals surface area contributed by atoms with Crippen LogP contribution in [0.5, 0.6) is 0 Å². The van der Waals surface area contributed by atoms with Gasteiger partial charge in [0.1, 0.15) is 0 Å². The Morgan fingerprint density at radius 2 is 1.76 bits per heavy atom. The standard InChI is InChI=1S/C17H22F3N3O2/c18-17(19,20)15-11-14(23(24)25)3-4-16(15)22-9-5-13(6-10-22)12-21-7-1-2-8-21/h3-4,11,13H,1-2,5-10,12H2. The number of nitro groups is 1. The van der Waals surface area contributed by atoms with E-state index in [-0.39, 0.29) is 5.69 Å². The van der Waals surface area contributed by atoms with E-state index in [0.717, 1.165) is 38.5 Å². The van der Waals surface area contributed by atoms with Gasteiger partial charge in [0.2, 0.25) is 0 Å². The third-order valence-electron chi connectivity index (χ3n) is 5.17. The molecule has 2 aliphatic rings. The summed E-state index contributed by atoms with van der Waals surface area (Å²) in [7, 11) is 0. The Hall–Kier alpha value is -1.83. The first-order valence-electron chi connectivity index (χ1n) is 8.67. The molecular weight excluding hydrogens is 335 g/mol. The Labute approximate surface area is 144 Å². The molecule has 5 nitrogen and oxygen atoms in total. The average Bonchev–Trinajstić information content (AvgIpc) is 3.07. The molecular formula is C17H22F3N3O2. The molecule has 0 saturated carbocycles. The zero-order chi connectivity index (χ0) is 18.0. The fourth-order valence-electron chi connectivity index (χ4n) is 3.83. The maximum atomic E-state index is 13.3. The summed E-state index contributed by atoms with van der Waals surface area (Å²) in [4.78, 5) is 14.2. The normalized spacial score (nSPS) is 20.2. The number of nitro benzene ring substituents is 1. The number of non-ortho nitro benzene ring substituents is 1. The van der Waals surface area contributed by atoms with Crippen LogP contribution in [0.1, 0.15) is 31.2 Å². The van der Waals surface area contributed by atoms with Gasteiger partial charge in [-0.2, -0.15) is 13.2 Å². The predicted molar refractivity (Wildman–Crippen MR) is 88.7 cm³/mol. The van der Waals surface area contributed by atoms with Gasteiger partial charge < -0.3 is 9.80 Å². The van der Waals surface area contributed by atoms with E-state index >= 15 is 0 Å². The molecule has 25 heavy (non-hydrogen) atoms. The summed E-state index contributed by atoms with van der Waals surface area (Å²) in [6.07, 6.45) is -0.434. The van der Waals surface area contributed by atoms with E-state index in [1.807, 2.05) is 0 Å². The number of alkyl halides is 3. The first-order valence-corrected chi connectivity index (χ1v) is 8.67. The maximum absolute atomic E-state index is 13.3. The Kier molecular flexibility index (Phi) is 5.17. The molecule has 2 aliphatic heterocycles. The van der Waals surface area contributed by atoms with Crippen molar-refractivity contribution in [3.63, 3.8) is 0 Å². The first kappa shape index (κ1) is 18.0. The van der Waals surface area contributed by atoms with Gasteiger partial charge in [-0.25, -0.2) is 0 Å². The van der Waals surface area contributed by atoms with Crippen LogP contribution in [0.3, 0.4) is 0 Å². The van der Waals surface area contributed by atoms with Gasteiger partial charge in [-0.05, 0) is 50.8 Å². The largest absolute Gasteiger partial charge is 0.418 e. The summed E-state index contributed by atoms with van der Waals surface area (Å²) < 4.78 is 40.0. The van der Waals surface area contributed by atoms with E-state index in [1.165, 1.54) is 18.9 Å². The first-order chi connectivity index (χ1) is 11.8. The van der Waals surface area contributed by atoms with Gasteiger partial charge in [0.05, 0.1) is 10.5 Å². The molecule has 1 aromatic carbocycles. The van der Waals surface area contributed by atoms with Crippen molar-refractivity contribution in [3.8, 4) is 0 Å². The number of piperidine rings is 1. The van der Waals surface area contributed by atoms with E-state index in [2.05, 4.69) is 4.90 Å². The smallest absolute Gasteiger partial charge is 0.371 e. The highest BCUT2D eigenvalue weighted by Gasteiger charge is 2.37. The summed E-state index contributed by atoms with van der Waals surface area (Å²) in [5, 5.41) is 10.8. The van der Waals surface area contributed by atoms with E-state index in [9.17, 15) is 23.3 Å². The highest BCUT2D eigenvalue weighted by atomic mass is 19.4. The van der Waals surface area contributed by atoms with Crippen LogP contribution < -0.4 is 4.90 Å². The number of benzene rings is 1. The van der Waals surface area contributed by atoms with E-state index in [4.69, 9.17) is 0 Å². The Morgan fingerprint density at radius 3 is 2.32 bits per heavy atom. The zero-order valence-corrected chi connectivity index (χ0v) is 14.0. The molecule has 0 aliphatic carbocycles. The second-order valence-electron chi connectivity index (χ2n) is 6.89. The van der Waals surface area contributed by atoms with Crippen LogP contribution in [0.15, 0.2) is 18.2 Å². The van der Waals surface area contributed by atoms with Crippen LogP contribution in [-0.2, 0) is 6.18 Å². The van der Waals surface area contributed by atoms with Crippen LogP contribution in [0.4, 0.5) is 24.5 Å². The molecule has 0 unspecified atom stereocenters. The SMILES string of the molecule is O=[N+]([O-])c1ccc(N2CCC(CN3CCCC3)CC2)c(C(F)(F)F)c1. The van der Waals surface area contributed by atoms with Crippen molar-refractivity contribution in [3.05, 3.63) is 33.9 Å². The molecule has 0 atom stereocenters. The molecule has 0 amide bonds. The quantitative estimate of drug-likeness (QED) is 0.605. The summed E-state index contributed by atoms with van der Waals surface area (Å²) in [6.45, 7) is 4.39. The Morgan fingerprint density at radius 1 is 1.12 bits per heavy atom. The molecule has 0 bridgehead atoms.